The van der Waals surface area contributed by atoms with E-state index in [0.29, 0.717) is 5.56 Å². The van der Waals surface area contributed by atoms with Crippen LogP contribution >= 0.6 is 15.9 Å². The first-order valence-electron chi connectivity index (χ1n) is 4.30. The highest BCUT2D eigenvalue weighted by Gasteiger charge is 2.13. The Morgan fingerprint density at radius 3 is 2.85 bits per heavy atom. The molecule has 0 aliphatic carbocycles. The van der Waals surface area contributed by atoms with Crippen molar-refractivity contribution in [3.05, 3.63) is 28.5 Å². The van der Waals surface area contributed by atoms with Crippen LogP contribution in [-0.2, 0) is 0 Å². The van der Waals surface area contributed by atoms with Crippen LogP contribution in [0.15, 0.2) is 22.9 Å². The van der Waals surface area contributed by atoms with Crippen molar-refractivity contribution in [3.63, 3.8) is 0 Å². The predicted molar refractivity (Wildman–Crippen MR) is 55.7 cm³/mol. The Bertz CT molecular complexity index is 312. The molecular formula is C10H12BrNO. The van der Waals surface area contributed by atoms with Gasteiger partial charge in [-0.25, -0.2) is 0 Å². The van der Waals surface area contributed by atoms with E-state index in [1.807, 2.05) is 19.9 Å². The molecule has 0 radical (unpaired) electrons. The van der Waals surface area contributed by atoms with Crippen LogP contribution in [0.25, 0.3) is 0 Å². The van der Waals surface area contributed by atoms with Crippen molar-refractivity contribution >= 4 is 21.7 Å². The molecule has 1 rings (SSSR count). The van der Waals surface area contributed by atoms with Gasteiger partial charge in [-0.2, -0.15) is 0 Å². The first-order chi connectivity index (χ1) is 6.15. The van der Waals surface area contributed by atoms with Gasteiger partial charge in [0, 0.05) is 28.3 Å². The van der Waals surface area contributed by atoms with Crippen molar-refractivity contribution in [2.24, 2.45) is 5.92 Å². The zero-order chi connectivity index (χ0) is 9.84. The van der Waals surface area contributed by atoms with E-state index in [1.54, 1.807) is 12.4 Å². The van der Waals surface area contributed by atoms with Crippen molar-refractivity contribution in [1.82, 2.24) is 4.98 Å². The molecule has 3 heteroatoms. The molecule has 1 heterocycles. The minimum Gasteiger partial charge on any atom is -0.294 e. The van der Waals surface area contributed by atoms with E-state index in [1.165, 1.54) is 0 Å². The summed E-state index contributed by atoms with van der Waals surface area (Å²) in [6, 6.07) is 1.81. The fourth-order valence-electron chi connectivity index (χ4n) is 1.02. The fourth-order valence-corrected chi connectivity index (χ4v) is 1.38. The minimum atomic E-state index is 0.0797. The number of Topliss-reactive ketones (excluding diaryl/α,β-unsaturated/α-hetero) is 1. The van der Waals surface area contributed by atoms with Gasteiger partial charge in [0.05, 0.1) is 0 Å². The van der Waals surface area contributed by atoms with E-state index in [2.05, 4.69) is 20.9 Å². The summed E-state index contributed by atoms with van der Waals surface area (Å²) in [7, 11) is 0. The second kappa shape index (κ2) is 4.51. The van der Waals surface area contributed by atoms with Gasteiger partial charge >= 0.3 is 0 Å². The quantitative estimate of drug-likeness (QED) is 0.762. The molecule has 1 atom stereocenters. The number of halogens is 1. The van der Waals surface area contributed by atoms with E-state index >= 15 is 0 Å². The average Bonchev–Trinajstić information content (AvgIpc) is 2.15. The van der Waals surface area contributed by atoms with Gasteiger partial charge in [0.15, 0.2) is 5.78 Å². The molecule has 0 saturated heterocycles. The van der Waals surface area contributed by atoms with E-state index in [-0.39, 0.29) is 11.7 Å². The molecule has 0 bridgehead atoms. The largest absolute Gasteiger partial charge is 0.294 e. The number of carbonyl (C=O) groups excluding carboxylic acids is 1. The fraction of sp³-hybridized carbons (Fsp3) is 0.400. The maximum absolute atomic E-state index is 11.7. The number of pyridine rings is 1. The summed E-state index contributed by atoms with van der Waals surface area (Å²) in [5.41, 5.74) is 0.684. The maximum Gasteiger partial charge on any atom is 0.167 e. The molecule has 0 saturated carbocycles. The van der Waals surface area contributed by atoms with Crippen LogP contribution in [0.5, 0.6) is 0 Å². The molecule has 1 unspecified atom stereocenters. The topological polar surface area (TPSA) is 30.0 Å². The van der Waals surface area contributed by atoms with Gasteiger partial charge in [-0.15, -0.1) is 0 Å². The van der Waals surface area contributed by atoms with Gasteiger partial charge in [0.1, 0.15) is 0 Å². The molecule has 0 spiro atoms. The van der Waals surface area contributed by atoms with Gasteiger partial charge in [0.25, 0.3) is 0 Å². The van der Waals surface area contributed by atoms with Gasteiger partial charge in [-0.05, 0) is 28.4 Å². The van der Waals surface area contributed by atoms with Gasteiger partial charge in [-0.3, -0.25) is 9.78 Å². The Kier molecular flexibility index (Phi) is 3.60. The average molecular weight is 242 g/mol. The Balaban J connectivity index is 2.89. The van der Waals surface area contributed by atoms with Crippen LogP contribution in [0.3, 0.4) is 0 Å². The third-order valence-corrected chi connectivity index (χ3v) is 2.48. The highest BCUT2D eigenvalue weighted by Crippen LogP contribution is 2.14. The van der Waals surface area contributed by atoms with Gasteiger partial charge in [-0.1, -0.05) is 13.8 Å². The normalized spacial score (nSPS) is 12.5. The highest BCUT2D eigenvalue weighted by molar-refractivity contribution is 9.10. The van der Waals surface area contributed by atoms with Crippen LogP contribution in [0, 0.1) is 5.92 Å². The zero-order valence-electron chi connectivity index (χ0n) is 7.75. The Hall–Kier alpha value is -0.700. The van der Waals surface area contributed by atoms with Crippen molar-refractivity contribution in [3.8, 4) is 0 Å². The van der Waals surface area contributed by atoms with Crippen LogP contribution in [-0.4, -0.2) is 10.8 Å². The Morgan fingerprint density at radius 1 is 1.62 bits per heavy atom. The summed E-state index contributed by atoms with van der Waals surface area (Å²) >= 11 is 3.29. The van der Waals surface area contributed by atoms with Crippen molar-refractivity contribution in [2.75, 3.05) is 0 Å². The predicted octanol–water partition coefficient (Wildman–Crippen LogP) is 3.07. The van der Waals surface area contributed by atoms with Crippen LogP contribution in [0.1, 0.15) is 30.6 Å². The molecule has 1 aromatic heterocycles. The maximum atomic E-state index is 11.7. The number of nitrogens with zero attached hydrogens (tertiary/aromatic N) is 1. The number of ketones is 1. The van der Waals surface area contributed by atoms with Gasteiger partial charge < -0.3 is 0 Å². The number of hydrogen-bond acceptors (Lipinski definition) is 2. The molecule has 0 fully saturated rings. The molecular weight excluding hydrogens is 230 g/mol. The van der Waals surface area contributed by atoms with Crippen molar-refractivity contribution < 1.29 is 4.79 Å². The first kappa shape index (κ1) is 10.4. The lowest BCUT2D eigenvalue weighted by Crippen LogP contribution is -2.10. The van der Waals surface area contributed by atoms with Gasteiger partial charge in [0.2, 0.25) is 0 Å². The molecule has 1 aromatic rings. The lowest BCUT2D eigenvalue weighted by Gasteiger charge is -2.06. The third-order valence-electron chi connectivity index (χ3n) is 2.05. The lowest BCUT2D eigenvalue weighted by atomic mass is 9.99. The van der Waals surface area contributed by atoms with E-state index in [9.17, 15) is 4.79 Å². The van der Waals surface area contributed by atoms with Crippen LogP contribution in [0.2, 0.25) is 0 Å². The molecule has 70 valence electrons. The van der Waals surface area contributed by atoms with E-state index in [0.717, 1.165) is 10.9 Å². The van der Waals surface area contributed by atoms with E-state index in [4.69, 9.17) is 0 Å². The van der Waals surface area contributed by atoms with Crippen LogP contribution in [0.4, 0.5) is 0 Å². The summed E-state index contributed by atoms with van der Waals surface area (Å²) in [5, 5.41) is 0. The molecule has 0 aliphatic heterocycles. The molecule has 2 nitrogen and oxygen atoms in total. The second-order valence-corrected chi connectivity index (χ2v) is 3.98. The molecule has 13 heavy (non-hydrogen) atoms. The number of hydrogen-bond donors (Lipinski definition) is 0. The zero-order valence-corrected chi connectivity index (χ0v) is 9.34. The molecule has 0 aromatic carbocycles. The first-order valence-corrected chi connectivity index (χ1v) is 5.09. The number of aromatic nitrogens is 1. The summed E-state index contributed by atoms with van der Waals surface area (Å²) in [6.07, 6.45) is 4.15. The SMILES string of the molecule is CCC(C)C(=O)c1cncc(Br)c1. The lowest BCUT2D eigenvalue weighted by molar-refractivity contribution is 0.0927. The smallest absolute Gasteiger partial charge is 0.167 e. The Morgan fingerprint density at radius 2 is 2.31 bits per heavy atom. The second-order valence-electron chi connectivity index (χ2n) is 3.07. The Labute approximate surface area is 86.5 Å². The summed E-state index contributed by atoms with van der Waals surface area (Å²) in [4.78, 5) is 15.6. The highest BCUT2D eigenvalue weighted by atomic mass is 79.9. The van der Waals surface area contributed by atoms with Crippen molar-refractivity contribution in [2.45, 2.75) is 20.3 Å². The summed E-state index contributed by atoms with van der Waals surface area (Å²) < 4.78 is 0.849. The molecule has 0 aliphatic rings. The number of carbonyl (C=O) groups is 1. The molecule has 0 N–H and O–H groups in total. The standard InChI is InChI=1S/C10H12BrNO/c1-3-7(2)10(13)8-4-9(11)6-12-5-8/h4-7H,3H2,1-2H3. The summed E-state index contributed by atoms with van der Waals surface area (Å²) in [5.74, 6) is 0.243. The van der Waals surface area contributed by atoms with Crippen LogP contribution < -0.4 is 0 Å². The summed E-state index contributed by atoms with van der Waals surface area (Å²) in [6.45, 7) is 3.94. The molecule has 0 amide bonds. The minimum absolute atomic E-state index is 0.0797. The number of rotatable bonds is 3. The van der Waals surface area contributed by atoms with E-state index < -0.39 is 0 Å². The van der Waals surface area contributed by atoms with Crippen molar-refractivity contribution in [1.29, 1.82) is 0 Å². The third kappa shape index (κ3) is 2.62. The monoisotopic (exact) mass is 241 g/mol.